The third-order valence-electron chi connectivity index (χ3n) is 3.49. The molecule has 0 bridgehead atoms. The van der Waals surface area contributed by atoms with E-state index in [1.807, 2.05) is 12.1 Å². The van der Waals surface area contributed by atoms with E-state index in [9.17, 15) is 0 Å². The highest BCUT2D eigenvalue weighted by Gasteiger charge is 2.34. The van der Waals surface area contributed by atoms with E-state index < -0.39 is 0 Å². The zero-order valence-corrected chi connectivity index (χ0v) is 11.1. The molecule has 0 saturated carbocycles. The van der Waals surface area contributed by atoms with Crippen LogP contribution in [0.2, 0.25) is 5.28 Å². The minimum absolute atomic E-state index is 0.0711. The molecular formula is C14H14ClN3. The molecular weight excluding hydrogens is 246 g/mol. The summed E-state index contributed by atoms with van der Waals surface area (Å²) in [5.41, 5.74) is 10.2. The minimum atomic E-state index is -0.0711. The van der Waals surface area contributed by atoms with E-state index in [0.29, 0.717) is 5.82 Å². The number of fused-ring (bicyclic) bond motifs is 3. The first-order valence-corrected chi connectivity index (χ1v) is 6.28. The maximum absolute atomic E-state index is 6.04. The van der Waals surface area contributed by atoms with Gasteiger partial charge in [-0.05, 0) is 29.0 Å². The topological polar surface area (TPSA) is 51.8 Å². The number of anilines is 1. The predicted octanol–water partition coefficient (Wildman–Crippen LogP) is 3.21. The summed E-state index contributed by atoms with van der Waals surface area (Å²) in [7, 11) is 0. The maximum atomic E-state index is 6.04. The predicted molar refractivity (Wildman–Crippen MR) is 73.6 cm³/mol. The van der Waals surface area contributed by atoms with E-state index in [1.54, 1.807) is 0 Å². The Hall–Kier alpha value is -1.61. The first kappa shape index (κ1) is 11.5. The SMILES string of the molecule is CC1(C)Cc2ccccc2-c2nc(Cl)nc(N)c21. The molecule has 0 aliphatic heterocycles. The molecule has 1 aliphatic rings. The van der Waals surface area contributed by atoms with Crippen molar-refractivity contribution in [2.24, 2.45) is 0 Å². The normalized spacial score (nSPS) is 15.9. The van der Waals surface area contributed by atoms with Crippen LogP contribution < -0.4 is 5.73 Å². The van der Waals surface area contributed by atoms with Crippen molar-refractivity contribution in [1.29, 1.82) is 0 Å². The quantitative estimate of drug-likeness (QED) is 0.739. The molecule has 2 aromatic rings. The number of nitrogen functional groups attached to an aromatic ring is 1. The van der Waals surface area contributed by atoms with Gasteiger partial charge >= 0.3 is 0 Å². The molecule has 0 spiro atoms. The molecule has 0 saturated heterocycles. The summed E-state index contributed by atoms with van der Waals surface area (Å²) in [4.78, 5) is 8.47. The maximum Gasteiger partial charge on any atom is 0.224 e. The Bertz CT molecular complexity index is 635. The molecule has 18 heavy (non-hydrogen) atoms. The average molecular weight is 260 g/mol. The lowest BCUT2D eigenvalue weighted by Crippen LogP contribution is -2.28. The van der Waals surface area contributed by atoms with Gasteiger partial charge in [-0.2, -0.15) is 0 Å². The fourth-order valence-corrected chi connectivity index (χ4v) is 2.96. The second kappa shape index (κ2) is 3.69. The zero-order chi connectivity index (χ0) is 12.9. The molecule has 0 radical (unpaired) electrons. The Balaban J connectivity index is 2.39. The molecule has 0 unspecified atom stereocenters. The largest absolute Gasteiger partial charge is 0.383 e. The second-order valence-corrected chi connectivity index (χ2v) is 5.66. The van der Waals surface area contributed by atoms with E-state index in [1.165, 1.54) is 5.56 Å². The monoisotopic (exact) mass is 259 g/mol. The standard InChI is InChI=1S/C14H14ClN3/c1-14(2)7-8-5-3-4-6-9(8)11-10(14)12(16)18-13(15)17-11/h3-6H,7H2,1-2H3,(H2,16,17,18). The van der Waals surface area contributed by atoms with Crippen LogP contribution in [0.25, 0.3) is 11.3 Å². The van der Waals surface area contributed by atoms with Gasteiger partial charge in [-0.3, -0.25) is 0 Å². The Morgan fingerprint density at radius 3 is 2.72 bits per heavy atom. The van der Waals surface area contributed by atoms with Crippen LogP contribution in [-0.2, 0) is 11.8 Å². The highest BCUT2D eigenvalue weighted by molar-refractivity contribution is 6.28. The summed E-state index contributed by atoms with van der Waals surface area (Å²) >= 11 is 5.94. The van der Waals surface area contributed by atoms with Gasteiger partial charge in [-0.25, -0.2) is 9.97 Å². The molecule has 3 nitrogen and oxygen atoms in total. The van der Waals surface area contributed by atoms with Crippen molar-refractivity contribution in [2.75, 3.05) is 5.73 Å². The van der Waals surface area contributed by atoms with E-state index in [2.05, 4.69) is 35.9 Å². The second-order valence-electron chi connectivity index (χ2n) is 5.32. The smallest absolute Gasteiger partial charge is 0.224 e. The number of halogens is 1. The fraction of sp³-hybridized carbons (Fsp3) is 0.286. The summed E-state index contributed by atoms with van der Waals surface area (Å²) in [6.07, 6.45) is 0.936. The van der Waals surface area contributed by atoms with Crippen LogP contribution in [0, 0.1) is 0 Å². The lowest BCUT2D eigenvalue weighted by atomic mass is 9.72. The average Bonchev–Trinajstić information content (AvgIpc) is 2.26. The minimum Gasteiger partial charge on any atom is -0.383 e. The summed E-state index contributed by atoms with van der Waals surface area (Å²) in [5, 5.41) is 0.207. The summed E-state index contributed by atoms with van der Waals surface area (Å²) in [5.74, 6) is 0.490. The van der Waals surface area contributed by atoms with Crippen LogP contribution in [0.1, 0.15) is 25.0 Å². The molecule has 1 aromatic heterocycles. The van der Waals surface area contributed by atoms with Crippen LogP contribution in [0.4, 0.5) is 5.82 Å². The van der Waals surface area contributed by atoms with Crippen LogP contribution in [0.3, 0.4) is 0 Å². The van der Waals surface area contributed by atoms with Crippen molar-refractivity contribution < 1.29 is 0 Å². The van der Waals surface area contributed by atoms with Gasteiger partial charge in [-0.15, -0.1) is 0 Å². The molecule has 92 valence electrons. The Morgan fingerprint density at radius 2 is 1.94 bits per heavy atom. The zero-order valence-electron chi connectivity index (χ0n) is 10.4. The first-order valence-electron chi connectivity index (χ1n) is 5.91. The van der Waals surface area contributed by atoms with E-state index >= 15 is 0 Å². The molecule has 2 N–H and O–H groups in total. The molecule has 1 heterocycles. The van der Waals surface area contributed by atoms with Gasteiger partial charge in [0.15, 0.2) is 0 Å². The number of nitrogens with zero attached hydrogens (tertiary/aromatic N) is 2. The Kier molecular flexibility index (Phi) is 2.35. The van der Waals surface area contributed by atoms with Crippen molar-refractivity contribution in [3.05, 3.63) is 40.7 Å². The summed E-state index contributed by atoms with van der Waals surface area (Å²) in [6.45, 7) is 4.32. The van der Waals surface area contributed by atoms with Crippen LogP contribution in [-0.4, -0.2) is 9.97 Å². The van der Waals surface area contributed by atoms with Gasteiger partial charge in [0.1, 0.15) is 5.82 Å². The lowest BCUT2D eigenvalue weighted by Gasteiger charge is -2.33. The molecule has 0 amide bonds. The molecule has 1 aliphatic carbocycles. The van der Waals surface area contributed by atoms with Crippen molar-refractivity contribution in [2.45, 2.75) is 25.7 Å². The lowest BCUT2D eigenvalue weighted by molar-refractivity contribution is 0.515. The van der Waals surface area contributed by atoms with Crippen LogP contribution >= 0.6 is 11.6 Å². The number of aromatic nitrogens is 2. The fourth-order valence-electron chi connectivity index (χ4n) is 2.78. The van der Waals surface area contributed by atoms with E-state index in [-0.39, 0.29) is 10.7 Å². The Morgan fingerprint density at radius 1 is 1.22 bits per heavy atom. The van der Waals surface area contributed by atoms with E-state index in [4.69, 9.17) is 17.3 Å². The number of hydrogen-bond donors (Lipinski definition) is 1. The van der Waals surface area contributed by atoms with Gasteiger partial charge < -0.3 is 5.73 Å². The molecule has 3 rings (SSSR count). The van der Waals surface area contributed by atoms with Crippen LogP contribution in [0.15, 0.2) is 24.3 Å². The molecule has 1 aromatic carbocycles. The number of hydrogen-bond acceptors (Lipinski definition) is 3. The van der Waals surface area contributed by atoms with Gasteiger partial charge in [0.25, 0.3) is 0 Å². The summed E-state index contributed by atoms with van der Waals surface area (Å²) in [6, 6.07) is 8.25. The van der Waals surface area contributed by atoms with Gasteiger partial charge in [0.2, 0.25) is 5.28 Å². The Labute approximate surface area is 111 Å². The molecule has 4 heteroatoms. The number of benzene rings is 1. The van der Waals surface area contributed by atoms with Crippen molar-refractivity contribution in [3.63, 3.8) is 0 Å². The summed E-state index contributed by atoms with van der Waals surface area (Å²) < 4.78 is 0. The number of nitrogens with two attached hydrogens (primary N) is 1. The van der Waals surface area contributed by atoms with Crippen molar-refractivity contribution in [3.8, 4) is 11.3 Å². The third kappa shape index (κ3) is 1.58. The van der Waals surface area contributed by atoms with Gasteiger partial charge in [-0.1, -0.05) is 38.1 Å². The highest BCUT2D eigenvalue weighted by Crippen LogP contribution is 2.44. The van der Waals surface area contributed by atoms with Crippen molar-refractivity contribution in [1.82, 2.24) is 9.97 Å². The molecule has 0 fully saturated rings. The van der Waals surface area contributed by atoms with E-state index in [0.717, 1.165) is 23.2 Å². The van der Waals surface area contributed by atoms with Crippen molar-refractivity contribution >= 4 is 17.4 Å². The third-order valence-corrected chi connectivity index (χ3v) is 3.66. The highest BCUT2D eigenvalue weighted by atomic mass is 35.5. The number of rotatable bonds is 0. The molecule has 0 atom stereocenters. The van der Waals surface area contributed by atoms with Crippen LogP contribution in [0.5, 0.6) is 0 Å². The van der Waals surface area contributed by atoms with Gasteiger partial charge in [0.05, 0.1) is 5.69 Å². The first-order chi connectivity index (χ1) is 8.49. The van der Waals surface area contributed by atoms with Gasteiger partial charge in [0, 0.05) is 11.1 Å².